The molecule has 1 aliphatic heterocycles. The minimum absolute atomic E-state index is 0.0394. The van der Waals surface area contributed by atoms with E-state index in [0.717, 1.165) is 5.03 Å². The van der Waals surface area contributed by atoms with Gasteiger partial charge in [-0.2, -0.15) is 0 Å². The highest BCUT2D eigenvalue weighted by Gasteiger charge is 2.24. The highest BCUT2D eigenvalue weighted by atomic mass is 32.2. The first-order valence-corrected chi connectivity index (χ1v) is 5.02. The molecule has 0 spiro atoms. The number of aromatic nitrogens is 1. The van der Waals surface area contributed by atoms with Crippen LogP contribution in [0.4, 0.5) is 0 Å². The summed E-state index contributed by atoms with van der Waals surface area (Å²) >= 11 is 1.61. The quantitative estimate of drug-likeness (QED) is 0.637. The van der Waals surface area contributed by atoms with Crippen LogP contribution in [-0.4, -0.2) is 29.4 Å². The van der Waals surface area contributed by atoms with Crippen LogP contribution in [0, 0.1) is 0 Å². The molecule has 0 radical (unpaired) electrons. The van der Waals surface area contributed by atoms with Crippen molar-refractivity contribution in [2.75, 3.05) is 17.8 Å². The van der Waals surface area contributed by atoms with Crippen LogP contribution in [0.1, 0.15) is 0 Å². The van der Waals surface area contributed by atoms with E-state index < -0.39 is 6.04 Å². The van der Waals surface area contributed by atoms with Gasteiger partial charge in [0.2, 0.25) is 0 Å². The lowest BCUT2D eigenvalue weighted by Gasteiger charge is -2.19. The number of nitrogens with zero attached hydrogens (tertiary/aromatic N) is 2. The first kappa shape index (κ1) is 8.65. The Kier molecular flexibility index (Phi) is 2.05. The Hall–Kier alpha value is -0.940. The molecular weight excluding hydrogens is 186 g/mol. The summed E-state index contributed by atoms with van der Waals surface area (Å²) in [6.07, 6.45) is 1.86. The van der Waals surface area contributed by atoms with Crippen LogP contribution >= 0.6 is 11.8 Å². The molecule has 0 bridgehead atoms. The predicted octanol–water partition coefficient (Wildman–Crippen LogP) is 0.0155. The molecule has 2 heterocycles. The molecule has 0 aliphatic carbocycles. The number of fused-ring (bicyclic) bond motifs is 1. The summed E-state index contributed by atoms with van der Waals surface area (Å²) in [5.74, 6) is 0.607. The normalized spacial score (nSPS) is 22.8. The molecule has 0 aromatic carbocycles. The second-order valence-electron chi connectivity index (χ2n) is 2.97. The minimum Gasteiger partial charge on any atom is -0.319 e. The fraction of sp³-hybridized carbons (Fsp3) is 0.375. The maximum Gasteiger partial charge on any atom is 0.258 e. The van der Waals surface area contributed by atoms with Crippen molar-refractivity contribution in [1.29, 1.82) is 0 Å². The van der Waals surface area contributed by atoms with Crippen LogP contribution in [0.3, 0.4) is 0 Å². The van der Waals surface area contributed by atoms with E-state index in [4.69, 9.17) is 5.73 Å². The smallest absolute Gasteiger partial charge is 0.258 e. The Balaban J connectivity index is 2.40. The van der Waals surface area contributed by atoms with Gasteiger partial charge in [-0.15, -0.1) is 11.8 Å². The average Bonchev–Trinajstić information content (AvgIpc) is 2.56. The van der Waals surface area contributed by atoms with Crippen LogP contribution < -0.4 is 10.7 Å². The lowest BCUT2D eigenvalue weighted by molar-refractivity contribution is -0.120. The van der Waals surface area contributed by atoms with Crippen molar-refractivity contribution in [3.8, 4) is 0 Å². The molecule has 1 atom stereocenters. The van der Waals surface area contributed by atoms with E-state index >= 15 is 0 Å². The molecule has 2 N–H and O–H groups in total. The van der Waals surface area contributed by atoms with Crippen molar-refractivity contribution in [3.05, 3.63) is 18.3 Å². The van der Waals surface area contributed by atoms with E-state index in [2.05, 4.69) is 0 Å². The van der Waals surface area contributed by atoms with E-state index in [9.17, 15) is 4.79 Å². The van der Waals surface area contributed by atoms with Crippen LogP contribution in [0.2, 0.25) is 0 Å². The predicted molar refractivity (Wildman–Crippen MR) is 52.3 cm³/mol. The van der Waals surface area contributed by atoms with Gasteiger partial charge in [-0.25, -0.2) is 0 Å². The highest BCUT2D eigenvalue weighted by Crippen LogP contribution is 2.22. The minimum atomic E-state index is -0.394. The summed E-state index contributed by atoms with van der Waals surface area (Å²) < 4.78 is 1.82. The third kappa shape index (κ3) is 1.34. The van der Waals surface area contributed by atoms with Crippen molar-refractivity contribution in [2.24, 2.45) is 5.73 Å². The molecule has 0 saturated carbocycles. The lowest BCUT2D eigenvalue weighted by atomic mass is 10.3. The third-order valence-electron chi connectivity index (χ3n) is 2.06. The van der Waals surface area contributed by atoms with Crippen molar-refractivity contribution in [3.63, 3.8) is 0 Å². The van der Waals surface area contributed by atoms with Crippen molar-refractivity contribution in [2.45, 2.75) is 11.1 Å². The molecule has 1 aliphatic rings. The molecular formula is C8H11N3OS. The molecule has 0 saturated heterocycles. The largest absolute Gasteiger partial charge is 0.319 e. The summed E-state index contributed by atoms with van der Waals surface area (Å²) in [6.45, 7) is 0. The number of hydrogen-bond donors (Lipinski definition) is 1. The van der Waals surface area contributed by atoms with Crippen LogP contribution in [-0.2, 0) is 4.79 Å². The van der Waals surface area contributed by atoms with Crippen LogP contribution in [0.15, 0.2) is 23.4 Å². The zero-order valence-electron chi connectivity index (χ0n) is 7.30. The second kappa shape index (κ2) is 3.08. The number of likely N-dealkylation sites (N-methyl/N-ethyl adjacent to an activating group) is 1. The van der Waals surface area contributed by atoms with Crippen LogP contribution in [0.25, 0.3) is 0 Å². The fourth-order valence-corrected chi connectivity index (χ4v) is 2.29. The van der Waals surface area contributed by atoms with E-state index in [1.807, 2.05) is 23.0 Å². The Morgan fingerprint density at radius 2 is 2.46 bits per heavy atom. The lowest BCUT2D eigenvalue weighted by Crippen LogP contribution is -2.46. The van der Waals surface area contributed by atoms with Crippen molar-refractivity contribution in [1.82, 2.24) is 4.68 Å². The fourth-order valence-electron chi connectivity index (χ4n) is 1.31. The standard InChI is InChI=1S/C8H11N3OS/c1-10-8(12)6(9)5-13-7-3-2-4-11(7)10/h2-4,6H,5,9H2,1H3. The number of carbonyl (C=O) groups excluding carboxylic acids is 1. The molecule has 70 valence electrons. The van der Waals surface area contributed by atoms with Gasteiger partial charge in [0.1, 0.15) is 0 Å². The van der Waals surface area contributed by atoms with Gasteiger partial charge in [0.25, 0.3) is 5.91 Å². The van der Waals surface area contributed by atoms with Gasteiger partial charge in [-0.1, -0.05) is 0 Å². The monoisotopic (exact) mass is 197 g/mol. The maximum absolute atomic E-state index is 11.6. The zero-order valence-corrected chi connectivity index (χ0v) is 8.12. The van der Waals surface area contributed by atoms with Gasteiger partial charge in [-0.3, -0.25) is 14.5 Å². The number of hydrogen-bond acceptors (Lipinski definition) is 3. The molecule has 1 unspecified atom stereocenters. The molecule has 5 heteroatoms. The van der Waals surface area contributed by atoms with Crippen molar-refractivity contribution >= 4 is 17.7 Å². The van der Waals surface area contributed by atoms with Gasteiger partial charge in [0.05, 0.1) is 11.1 Å². The number of thioether (sulfide) groups is 1. The zero-order chi connectivity index (χ0) is 9.42. The van der Waals surface area contributed by atoms with Gasteiger partial charge < -0.3 is 5.73 Å². The van der Waals surface area contributed by atoms with Gasteiger partial charge in [0.15, 0.2) is 0 Å². The maximum atomic E-state index is 11.6. The number of carbonyl (C=O) groups is 1. The third-order valence-corrected chi connectivity index (χ3v) is 3.21. The first-order valence-electron chi connectivity index (χ1n) is 4.04. The number of amides is 1. The van der Waals surface area contributed by atoms with E-state index in [-0.39, 0.29) is 5.91 Å². The number of nitrogens with two attached hydrogens (primary N) is 1. The Bertz CT molecular complexity index is 336. The highest BCUT2D eigenvalue weighted by molar-refractivity contribution is 7.99. The summed E-state index contributed by atoms with van der Waals surface area (Å²) in [7, 11) is 1.73. The molecule has 1 aromatic rings. The molecule has 13 heavy (non-hydrogen) atoms. The molecule has 2 rings (SSSR count). The number of rotatable bonds is 0. The van der Waals surface area contributed by atoms with Gasteiger partial charge >= 0.3 is 0 Å². The average molecular weight is 197 g/mol. The Labute approximate surface area is 80.7 Å². The molecule has 0 fully saturated rings. The summed E-state index contributed by atoms with van der Waals surface area (Å²) in [4.78, 5) is 11.6. The SMILES string of the molecule is CN1C(=O)C(N)CSc2cccn21. The first-order chi connectivity index (χ1) is 6.20. The summed E-state index contributed by atoms with van der Waals surface area (Å²) in [6, 6.07) is 3.50. The van der Waals surface area contributed by atoms with E-state index in [0.29, 0.717) is 5.75 Å². The molecule has 1 aromatic heterocycles. The molecule has 4 nitrogen and oxygen atoms in total. The van der Waals surface area contributed by atoms with E-state index in [1.165, 1.54) is 0 Å². The van der Waals surface area contributed by atoms with Gasteiger partial charge in [0, 0.05) is 19.0 Å². The van der Waals surface area contributed by atoms with Crippen LogP contribution in [0.5, 0.6) is 0 Å². The topological polar surface area (TPSA) is 51.3 Å². The van der Waals surface area contributed by atoms with Gasteiger partial charge in [-0.05, 0) is 12.1 Å². The Morgan fingerprint density at radius 1 is 1.69 bits per heavy atom. The Morgan fingerprint density at radius 3 is 3.23 bits per heavy atom. The summed E-state index contributed by atoms with van der Waals surface area (Å²) in [5.41, 5.74) is 5.68. The van der Waals surface area contributed by atoms with Crippen molar-refractivity contribution < 1.29 is 4.79 Å². The van der Waals surface area contributed by atoms with E-state index in [1.54, 1.807) is 23.8 Å². The summed E-state index contributed by atoms with van der Waals surface area (Å²) in [5, 5.41) is 2.61. The molecule has 1 amide bonds. The second-order valence-corrected chi connectivity index (χ2v) is 4.01.